The van der Waals surface area contributed by atoms with Crippen molar-refractivity contribution in [2.75, 3.05) is 38.6 Å². The molecular formula is C23H32N2O7S. The van der Waals surface area contributed by atoms with E-state index in [1.165, 1.54) is 4.90 Å². The number of benzene rings is 1. The van der Waals surface area contributed by atoms with Crippen LogP contribution in [0.5, 0.6) is 0 Å². The van der Waals surface area contributed by atoms with E-state index in [4.69, 9.17) is 4.74 Å². The second-order valence-corrected chi connectivity index (χ2v) is 10.8. The van der Waals surface area contributed by atoms with Gasteiger partial charge in [0.05, 0.1) is 30.6 Å². The number of amides is 2. The summed E-state index contributed by atoms with van der Waals surface area (Å²) < 4.78 is 31.2. The second kappa shape index (κ2) is 11.6. The zero-order valence-corrected chi connectivity index (χ0v) is 19.5. The zero-order chi connectivity index (χ0) is 23.8. The van der Waals surface area contributed by atoms with E-state index >= 15 is 0 Å². The second-order valence-electron chi connectivity index (χ2n) is 8.65. The van der Waals surface area contributed by atoms with Gasteiger partial charge < -0.3 is 19.6 Å². The first-order valence-electron chi connectivity index (χ1n) is 11.4. The SMILES string of the molecule is O=C(O)[C@@H]1CCCCN1C(=O)[C@@H](CCC(=O)N1CCOCC1)CS(=O)(=O)Cc1ccccc1. The molecule has 0 aromatic heterocycles. The lowest BCUT2D eigenvalue weighted by molar-refractivity contribution is -0.154. The average Bonchev–Trinajstić information content (AvgIpc) is 2.82. The minimum Gasteiger partial charge on any atom is -0.480 e. The van der Waals surface area contributed by atoms with Crippen LogP contribution in [-0.4, -0.2) is 85.8 Å². The molecule has 33 heavy (non-hydrogen) atoms. The number of carboxylic acids is 1. The van der Waals surface area contributed by atoms with E-state index in [-0.39, 0.29) is 31.0 Å². The molecule has 0 saturated carbocycles. The number of hydrogen-bond acceptors (Lipinski definition) is 6. The van der Waals surface area contributed by atoms with Crippen LogP contribution >= 0.6 is 0 Å². The molecule has 0 radical (unpaired) electrons. The monoisotopic (exact) mass is 480 g/mol. The van der Waals surface area contributed by atoms with Crippen LogP contribution in [-0.2, 0) is 34.7 Å². The Kier molecular flexibility index (Phi) is 8.85. The first-order valence-corrected chi connectivity index (χ1v) is 13.2. The zero-order valence-electron chi connectivity index (χ0n) is 18.7. The Bertz CT molecular complexity index is 929. The minimum absolute atomic E-state index is 0.0306. The van der Waals surface area contributed by atoms with Crippen LogP contribution in [0.25, 0.3) is 0 Å². The van der Waals surface area contributed by atoms with Crippen molar-refractivity contribution in [3.05, 3.63) is 35.9 Å². The molecule has 182 valence electrons. The highest BCUT2D eigenvalue weighted by Gasteiger charge is 2.37. The number of aliphatic carboxylic acids is 1. The first-order chi connectivity index (χ1) is 15.8. The number of hydrogen-bond donors (Lipinski definition) is 1. The standard InChI is InChI=1S/C23H32N2O7S/c26-21(24-12-14-32-15-13-24)10-9-19(17-33(30,31)16-18-6-2-1-3-7-18)22(27)25-11-5-4-8-20(25)23(28)29/h1-3,6-7,19-20H,4-5,8-17H2,(H,28,29)/t19-,20-/m0/s1. The van der Waals surface area contributed by atoms with Crippen molar-refractivity contribution >= 4 is 27.6 Å². The fraction of sp³-hybridized carbons (Fsp3) is 0.609. The van der Waals surface area contributed by atoms with Crippen LogP contribution in [0.2, 0.25) is 0 Å². The summed E-state index contributed by atoms with van der Waals surface area (Å²) in [5.41, 5.74) is 0.620. The molecule has 9 nitrogen and oxygen atoms in total. The molecule has 2 heterocycles. The molecule has 2 fully saturated rings. The molecule has 0 spiro atoms. The Hall–Kier alpha value is -2.46. The van der Waals surface area contributed by atoms with Gasteiger partial charge in [-0.2, -0.15) is 0 Å². The topological polar surface area (TPSA) is 121 Å². The molecule has 3 rings (SSSR count). The van der Waals surface area contributed by atoms with Gasteiger partial charge in [-0.15, -0.1) is 0 Å². The molecule has 2 atom stereocenters. The van der Waals surface area contributed by atoms with Gasteiger partial charge in [0.1, 0.15) is 6.04 Å². The summed E-state index contributed by atoms with van der Waals surface area (Å²) in [7, 11) is -3.67. The third kappa shape index (κ3) is 7.26. The first kappa shape index (κ1) is 25.2. The van der Waals surface area contributed by atoms with E-state index in [1.807, 2.05) is 0 Å². The molecule has 10 heteroatoms. The number of ether oxygens (including phenoxy) is 1. The minimum atomic E-state index is -3.67. The smallest absolute Gasteiger partial charge is 0.326 e. The van der Waals surface area contributed by atoms with E-state index in [0.29, 0.717) is 51.1 Å². The third-order valence-electron chi connectivity index (χ3n) is 6.18. The van der Waals surface area contributed by atoms with Crippen LogP contribution in [0, 0.1) is 5.92 Å². The van der Waals surface area contributed by atoms with Crippen LogP contribution in [0.15, 0.2) is 30.3 Å². The van der Waals surface area contributed by atoms with Crippen molar-refractivity contribution in [2.24, 2.45) is 5.92 Å². The summed E-state index contributed by atoms with van der Waals surface area (Å²) in [5, 5.41) is 9.57. The van der Waals surface area contributed by atoms with E-state index in [0.717, 1.165) is 0 Å². The Balaban J connectivity index is 1.75. The largest absolute Gasteiger partial charge is 0.480 e. The summed E-state index contributed by atoms with van der Waals surface area (Å²) in [5.74, 6) is -3.32. The number of sulfone groups is 1. The van der Waals surface area contributed by atoms with E-state index in [1.54, 1.807) is 35.2 Å². The number of carbonyl (C=O) groups is 3. The molecule has 2 aliphatic rings. The predicted molar refractivity (Wildman–Crippen MR) is 121 cm³/mol. The van der Waals surface area contributed by atoms with Gasteiger partial charge in [-0.3, -0.25) is 9.59 Å². The van der Waals surface area contributed by atoms with Crippen molar-refractivity contribution in [2.45, 2.75) is 43.9 Å². The molecule has 1 aromatic rings. The quantitative estimate of drug-likeness (QED) is 0.566. The highest BCUT2D eigenvalue weighted by atomic mass is 32.2. The van der Waals surface area contributed by atoms with Gasteiger partial charge >= 0.3 is 5.97 Å². The van der Waals surface area contributed by atoms with Gasteiger partial charge in [-0.05, 0) is 31.2 Å². The Morgan fingerprint density at radius 3 is 2.42 bits per heavy atom. The van der Waals surface area contributed by atoms with Gasteiger partial charge in [0, 0.05) is 26.1 Å². The average molecular weight is 481 g/mol. The van der Waals surface area contributed by atoms with Crippen molar-refractivity contribution in [1.82, 2.24) is 9.80 Å². The molecule has 1 aromatic carbocycles. The normalized spacial score (nSPS) is 20.3. The Morgan fingerprint density at radius 1 is 1.06 bits per heavy atom. The van der Waals surface area contributed by atoms with E-state index in [2.05, 4.69) is 0 Å². The van der Waals surface area contributed by atoms with Gasteiger partial charge in [-0.25, -0.2) is 13.2 Å². The van der Waals surface area contributed by atoms with Crippen molar-refractivity contribution < 1.29 is 32.6 Å². The van der Waals surface area contributed by atoms with E-state index in [9.17, 15) is 27.9 Å². The molecule has 1 N–H and O–H groups in total. The van der Waals surface area contributed by atoms with Crippen LogP contribution in [0.4, 0.5) is 0 Å². The molecule has 2 aliphatic heterocycles. The van der Waals surface area contributed by atoms with Gasteiger partial charge in [-0.1, -0.05) is 30.3 Å². The number of nitrogens with zero attached hydrogens (tertiary/aromatic N) is 2. The van der Waals surface area contributed by atoms with Gasteiger partial charge in [0.15, 0.2) is 9.84 Å². The van der Waals surface area contributed by atoms with E-state index < -0.39 is 39.4 Å². The molecule has 0 unspecified atom stereocenters. The highest BCUT2D eigenvalue weighted by molar-refractivity contribution is 7.90. The predicted octanol–water partition coefficient (Wildman–Crippen LogP) is 1.32. The number of rotatable bonds is 9. The van der Waals surface area contributed by atoms with Crippen LogP contribution < -0.4 is 0 Å². The molecule has 2 amide bonds. The number of piperidine rings is 1. The Morgan fingerprint density at radius 2 is 1.76 bits per heavy atom. The molecule has 0 bridgehead atoms. The lowest BCUT2D eigenvalue weighted by Gasteiger charge is -2.35. The van der Waals surface area contributed by atoms with Gasteiger partial charge in [0.25, 0.3) is 0 Å². The number of carbonyl (C=O) groups excluding carboxylic acids is 2. The maximum Gasteiger partial charge on any atom is 0.326 e. The Labute approximate surface area is 194 Å². The molecular weight excluding hydrogens is 448 g/mol. The molecule has 0 aliphatic carbocycles. The third-order valence-corrected chi connectivity index (χ3v) is 7.86. The number of morpholine rings is 1. The summed E-state index contributed by atoms with van der Waals surface area (Å²) in [6.07, 6.45) is 1.81. The summed E-state index contributed by atoms with van der Waals surface area (Å²) in [6.45, 7) is 2.12. The number of carboxylic acid groups (broad SMARTS) is 1. The maximum atomic E-state index is 13.4. The number of likely N-dealkylation sites (tertiary alicyclic amines) is 1. The van der Waals surface area contributed by atoms with Crippen molar-refractivity contribution in [3.8, 4) is 0 Å². The lowest BCUT2D eigenvalue weighted by atomic mass is 9.97. The van der Waals surface area contributed by atoms with Crippen molar-refractivity contribution in [1.29, 1.82) is 0 Å². The molecule has 2 saturated heterocycles. The lowest BCUT2D eigenvalue weighted by Crippen LogP contribution is -2.51. The van der Waals surface area contributed by atoms with Gasteiger partial charge in [0.2, 0.25) is 11.8 Å². The summed E-state index contributed by atoms with van der Waals surface area (Å²) >= 11 is 0. The summed E-state index contributed by atoms with van der Waals surface area (Å²) in [4.78, 5) is 40.7. The fourth-order valence-corrected chi connectivity index (χ4v) is 6.17. The fourth-order valence-electron chi connectivity index (χ4n) is 4.43. The highest BCUT2D eigenvalue weighted by Crippen LogP contribution is 2.24. The van der Waals surface area contributed by atoms with Crippen LogP contribution in [0.1, 0.15) is 37.7 Å². The maximum absolute atomic E-state index is 13.4. The summed E-state index contributed by atoms with van der Waals surface area (Å²) in [6, 6.07) is 7.75. The van der Waals surface area contributed by atoms with Crippen LogP contribution in [0.3, 0.4) is 0 Å². The van der Waals surface area contributed by atoms with Crippen molar-refractivity contribution in [3.63, 3.8) is 0 Å².